The molecule has 2 saturated carbocycles. The Labute approximate surface area is 229 Å². The van der Waals surface area contributed by atoms with Gasteiger partial charge < -0.3 is 10.6 Å². The van der Waals surface area contributed by atoms with Crippen molar-refractivity contribution >= 4 is 29.2 Å². The van der Waals surface area contributed by atoms with E-state index >= 15 is 0 Å². The van der Waals surface area contributed by atoms with E-state index in [0.29, 0.717) is 31.7 Å². The van der Waals surface area contributed by atoms with Crippen molar-refractivity contribution in [3.05, 3.63) is 0 Å². The minimum atomic E-state index is -0.994. The molecular formula is C31H50N2O5. The molecule has 3 fully saturated rings. The second-order valence-corrected chi connectivity index (χ2v) is 15.6. The first kappa shape index (κ1) is 30.5. The summed E-state index contributed by atoms with van der Waals surface area (Å²) in [6.45, 7) is 16.8. The van der Waals surface area contributed by atoms with E-state index in [1.807, 2.05) is 41.5 Å². The van der Waals surface area contributed by atoms with Gasteiger partial charge in [0.05, 0.1) is 6.04 Å². The molecule has 0 aromatic rings. The zero-order valence-electron chi connectivity index (χ0n) is 24.9. The lowest BCUT2D eigenvalue weighted by atomic mass is 9.75. The van der Waals surface area contributed by atoms with Crippen molar-refractivity contribution in [3.8, 4) is 0 Å². The molecule has 0 aromatic heterocycles. The van der Waals surface area contributed by atoms with Gasteiger partial charge in [-0.25, -0.2) is 0 Å². The maximum atomic E-state index is 14.2. The summed E-state index contributed by atoms with van der Waals surface area (Å²) in [4.78, 5) is 67.2. The van der Waals surface area contributed by atoms with Crippen LogP contribution >= 0.6 is 0 Å². The lowest BCUT2D eigenvalue weighted by Gasteiger charge is -2.35. The van der Waals surface area contributed by atoms with Gasteiger partial charge in [-0.3, -0.25) is 24.0 Å². The van der Waals surface area contributed by atoms with Crippen LogP contribution in [0.2, 0.25) is 0 Å². The summed E-state index contributed by atoms with van der Waals surface area (Å²) in [6.07, 6.45) is 5.57. The van der Waals surface area contributed by atoms with E-state index in [1.54, 1.807) is 4.90 Å². The van der Waals surface area contributed by atoms with E-state index in [-0.39, 0.29) is 46.6 Å². The molecule has 214 valence electrons. The Balaban J connectivity index is 1.86. The van der Waals surface area contributed by atoms with Crippen LogP contribution < -0.4 is 5.73 Å². The molecule has 2 unspecified atom stereocenters. The zero-order chi connectivity index (χ0) is 28.8. The van der Waals surface area contributed by atoms with Gasteiger partial charge in [-0.05, 0) is 46.8 Å². The third-order valence-corrected chi connectivity index (χ3v) is 9.59. The maximum absolute atomic E-state index is 14.2. The van der Waals surface area contributed by atoms with E-state index in [9.17, 15) is 24.0 Å². The molecule has 1 heterocycles. The van der Waals surface area contributed by atoms with E-state index in [2.05, 4.69) is 13.8 Å². The average Bonchev–Trinajstić information content (AvgIpc) is 3.05. The minimum absolute atomic E-state index is 0.0220. The van der Waals surface area contributed by atoms with E-state index in [0.717, 1.165) is 25.7 Å². The van der Waals surface area contributed by atoms with Crippen molar-refractivity contribution in [2.45, 2.75) is 119 Å². The largest absolute Gasteiger partial charge is 0.363 e. The molecule has 2 N–H and O–H groups in total. The van der Waals surface area contributed by atoms with Crippen molar-refractivity contribution in [1.82, 2.24) is 4.90 Å². The number of hydrogen-bond acceptors (Lipinski definition) is 5. The lowest BCUT2D eigenvalue weighted by molar-refractivity contribution is -0.147. The summed E-state index contributed by atoms with van der Waals surface area (Å²) in [5.74, 6) is -2.85. The van der Waals surface area contributed by atoms with Crippen molar-refractivity contribution in [1.29, 1.82) is 0 Å². The van der Waals surface area contributed by atoms with Gasteiger partial charge in [-0.1, -0.05) is 74.7 Å². The van der Waals surface area contributed by atoms with Crippen LogP contribution in [0.15, 0.2) is 0 Å². The number of likely N-dealkylation sites (tertiary alicyclic amines) is 1. The first-order valence-corrected chi connectivity index (χ1v) is 14.4. The number of rotatable bonds is 11. The Hall–Kier alpha value is -2.05. The Bertz CT molecular complexity index is 981. The van der Waals surface area contributed by atoms with Crippen LogP contribution in [0.1, 0.15) is 113 Å². The first-order valence-electron chi connectivity index (χ1n) is 14.4. The SMILES string of the molecule is CC(C)(C)CC(=O)C[C@H](C(=O)N1CC2(C[C@H]1C(=O)CC(CC1CCC1)C(=O)C(N)=O)CC2(C)C)C(C)(C)C. The number of primary amides is 1. The molecule has 3 rings (SSSR count). The van der Waals surface area contributed by atoms with Gasteiger partial charge >= 0.3 is 0 Å². The fraction of sp³-hybridized carbons (Fsp3) is 0.839. The summed E-state index contributed by atoms with van der Waals surface area (Å²) in [6, 6.07) is -0.642. The molecule has 0 bridgehead atoms. The highest BCUT2D eigenvalue weighted by atomic mass is 16.2. The number of Topliss-reactive ketones (excluding diaryl/α,β-unsaturated/α-hetero) is 3. The maximum Gasteiger partial charge on any atom is 0.285 e. The van der Waals surface area contributed by atoms with Crippen LogP contribution in [-0.2, 0) is 24.0 Å². The molecule has 38 heavy (non-hydrogen) atoms. The molecule has 3 aliphatic rings. The fourth-order valence-electron chi connectivity index (χ4n) is 6.77. The summed E-state index contributed by atoms with van der Waals surface area (Å²) in [7, 11) is 0. The van der Waals surface area contributed by atoms with Crippen LogP contribution in [-0.4, -0.2) is 46.7 Å². The fourth-order valence-corrected chi connectivity index (χ4v) is 6.77. The third-order valence-electron chi connectivity index (χ3n) is 9.59. The van der Waals surface area contributed by atoms with E-state index < -0.39 is 35.0 Å². The zero-order valence-corrected chi connectivity index (χ0v) is 24.9. The van der Waals surface area contributed by atoms with Crippen LogP contribution in [0.25, 0.3) is 0 Å². The highest BCUT2D eigenvalue weighted by molar-refractivity contribution is 6.36. The topological polar surface area (TPSA) is 115 Å². The molecule has 1 saturated heterocycles. The van der Waals surface area contributed by atoms with Gasteiger partial charge in [0, 0.05) is 37.6 Å². The van der Waals surface area contributed by atoms with Crippen LogP contribution in [0.4, 0.5) is 0 Å². The number of carbonyl (C=O) groups excluding carboxylic acids is 5. The highest BCUT2D eigenvalue weighted by Gasteiger charge is 2.67. The monoisotopic (exact) mass is 530 g/mol. The lowest BCUT2D eigenvalue weighted by Crippen LogP contribution is -2.48. The van der Waals surface area contributed by atoms with Gasteiger partial charge in [0.25, 0.3) is 5.91 Å². The number of ketones is 3. The number of nitrogens with zero attached hydrogens (tertiary/aromatic N) is 1. The molecular weight excluding hydrogens is 480 g/mol. The molecule has 4 atom stereocenters. The summed E-state index contributed by atoms with van der Waals surface area (Å²) in [5.41, 5.74) is 4.62. The Morgan fingerprint density at radius 1 is 0.974 bits per heavy atom. The third kappa shape index (κ3) is 6.74. The standard InChI is InChI=1S/C31H50N2O5/c1-28(2,3)15-21(34)14-22(29(4,5)6)27(38)33-18-31(17-30(31,7)8)16-23(33)24(35)13-20(25(36)26(32)37)12-19-10-9-11-19/h19-20,22-23H,9-18H2,1-8H3,(H2,32,37)/t20?,22-,23+,31?/m1/s1. The van der Waals surface area contributed by atoms with Crippen LogP contribution in [0, 0.1) is 39.4 Å². The summed E-state index contributed by atoms with van der Waals surface area (Å²) < 4.78 is 0. The predicted molar refractivity (Wildman–Crippen MR) is 147 cm³/mol. The summed E-state index contributed by atoms with van der Waals surface area (Å²) >= 11 is 0. The van der Waals surface area contributed by atoms with Gasteiger partial charge in [-0.2, -0.15) is 0 Å². The number of amides is 2. The van der Waals surface area contributed by atoms with Gasteiger partial charge in [-0.15, -0.1) is 0 Å². The minimum Gasteiger partial charge on any atom is -0.363 e. The van der Waals surface area contributed by atoms with Gasteiger partial charge in [0.1, 0.15) is 5.78 Å². The molecule has 1 aliphatic heterocycles. The average molecular weight is 531 g/mol. The quantitative estimate of drug-likeness (QED) is 0.382. The van der Waals surface area contributed by atoms with Gasteiger partial charge in [0.2, 0.25) is 11.7 Å². The second-order valence-electron chi connectivity index (χ2n) is 15.6. The number of hydrogen-bond donors (Lipinski definition) is 1. The van der Waals surface area contributed by atoms with E-state index in [1.165, 1.54) is 0 Å². The smallest absolute Gasteiger partial charge is 0.285 e. The van der Waals surface area contributed by atoms with Crippen molar-refractivity contribution in [2.24, 2.45) is 45.1 Å². The first-order chi connectivity index (χ1) is 17.3. The van der Waals surface area contributed by atoms with Crippen molar-refractivity contribution in [3.63, 3.8) is 0 Å². The molecule has 7 heteroatoms. The molecule has 2 aliphatic carbocycles. The Morgan fingerprint density at radius 2 is 1.55 bits per heavy atom. The molecule has 0 aromatic carbocycles. The Kier molecular flexibility index (Phi) is 8.42. The molecule has 7 nitrogen and oxygen atoms in total. The summed E-state index contributed by atoms with van der Waals surface area (Å²) in [5, 5.41) is 0. The van der Waals surface area contributed by atoms with Crippen LogP contribution in [0.5, 0.6) is 0 Å². The van der Waals surface area contributed by atoms with Crippen molar-refractivity contribution in [2.75, 3.05) is 6.54 Å². The molecule has 2 amide bonds. The van der Waals surface area contributed by atoms with E-state index in [4.69, 9.17) is 5.73 Å². The number of nitrogens with two attached hydrogens (primary N) is 1. The van der Waals surface area contributed by atoms with Gasteiger partial charge in [0.15, 0.2) is 5.78 Å². The normalized spacial score (nSPS) is 26.5. The second kappa shape index (κ2) is 10.5. The highest BCUT2D eigenvalue weighted by Crippen LogP contribution is 2.69. The predicted octanol–water partition coefficient (Wildman–Crippen LogP) is 4.88. The van der Waals surface area contributed by atoms with Crippen LogP contribution in [0.3, 0.4) is 0 Å². The Morgan fingerprint density at radius 3 is 1.97 bits per heavy atom. The number of carbonyl (C=O) groups is 5. The molecule has 1 spiro atoms. The molecule has 0 radical (unpaired) electrons. The van der Waals surface area contributed by atoms with Crippen molar-refractivity contribution < 1.29 is 24.0 Å².